The van der Waals surface area contributed by atoms with Crippen LogP contribution in [0.2, 0.25) is 0 Å². The van der Waals surface area contributed by atoms with Crippen molar-refractivity contribution in [1.82, 2.24) is 0 Å². The SMILES string of the molecule is C=C1OC2CC3=C[C@@H](C/C(C)=C/[C@@H](OC(=O)Cc4ccc(C)cc4)[C@@H]2C1=C)OC3=O. The minimum atomic E-state index is -0.548. The summed E-state index contributed by atoms with van der Waals surface area (Å²) in [5, 5.41) is 0. The molecule has 0 amide bonds. The van der Waals surface area contributed by atoms with Gasteiger partial charge in [0.05, 0.1) is 12.3 Å². The molecule has 2 heterocycles. The summed E-state index contributed by atoms with van der Waals surface area (Å²) in [4.78, 5) is 25.0. The predicted octanol–water partition coefficient (Wildman–Crippen LogP) is 4.13. The third-order valence-electron chi connectivity index (χ3n) is 5.85. The number of benzene rings is 1. The molecule has 0 spiro atoms. The number of aryl methyl sites for hydroxylation is 1. The molecule has 4 atom stereocenters. The third kappa shape index (κ3) is 4.11. The van der Waals surface area contributed by atoms with Gasteiger partial charge in [0.15, 0.2) is 0 Å². The first-order valence-electron chi connectivity index (χ1n) is 10.2. The second-order valence-electron chi connectivity index (χ2n) is 8.30. The number of fused-ring (bicyclic) bond motifs is 2. The Labute approximate surface area is 176 Å². The van der Waals surface area contributed by atoms with Gasteiger partial charge in [-0.15, -0.1) is 0 Å². The second-order valence-corrected chi connectivity index (χ2v) is 8.30. The van der Waals surface area contributed by atoms with Crippen molar-refractivity contribution in [3.05, 3.63) is 83.2 Å². The summed E-state index contributed by atoms with van der Waals surface area (Å²) >= 11 is 0. The Hall–Kier alpha value is -3.08. The maximum absolute atomic E-state index is 12.8. The molecule has 0 N–H and O–H groups in total. The maximum Gasteiger partial charge on any atom is 0.334 e. The van der Waals surface area contributed by atoms with E-state index in [2.05, 4.69) is 13.2 Å². The molecule has 1 fully saturated rings. The van der Waals surface area contributed by atoms with E-state index >= 15 is 0 Å². The highest BCUT2D eigenvalue weighted by Crippen LogP contribution is 2.41. The van der Waals surface area contributed by atoms with Crippen LogP contribution in [-0.2, 0) is 30.2 Å². The second kappa shape index (κ2) is 7.98. The van der Waals surface area contributed by atoms with Gasteiger partial charge in [0, 0.05) is 18.4 Å². The van der Waals surface area contributed by atoms with Gasteiger partial charge in [0.1, 0.15) is 24.1 Å². The number of hydrogen-bond donors (Lipinski definition) is 0. The van der Waals surface area contributed by atoms with Gasteiger partial charge in [-0.1, -0.05) is 48.6 Å². The van der Waals surface area contributed by atoms with Gasteiger partial charge in [-0.25, -0.2) is 4.79 Å². The highest BCUT2D eigenvalue weighted by atomic mass is 16.6. The average molecular weight is 406 g/mol. The van der Waals surface area contributed by atoms with Gasteiger partial charge in [-0.05, 0) is 37.1 Å². The molecule has 156 valence electrons. The van der Waals surface area contributed by atoms with Gasteiger partial charge >= 0.3 is 11.9 Å². The molecule has 2 aliphatic heterocycles. The van der Waals surface area contributed by atoms with Crippen LogP contribution in [0.5, 0.6) is 0 Å². The number of carbonyl (C=O) groups excluding carboxylic acids is 2. The summed E-state index contributed by atoms with van der Waals surface area (Å²) in [5.74, 6) is -0.463. The lowest BCUT2D eigenvalue weighted by atomic mass is 9.85. The Morgan fingerprint density at radius 3 is 2.57 bits per heavy atom. The van der Waals surface area contributed by atoms with Crippen molar-refractivity contribution >= 4 is 11.9 Å². The fourth-order valence-corrected chi connectivity index (χ4v) is 4.27. The van der Waals surface area contributed by atoms with Crippen LogP contribution in [0.15, 0.2) is 72.1 Å². The Kier molecular flexibility index (Phi) is 5.37. The summed E-state index contributed by atoms with van der Waals surface area (Å²) < 4.78 is 17.3. The molecule has 0 saturated carbocycles. The smallest absolute Gasteiger partial charge is 0.334 e. The standard InChI is InChI=1S/C25H26O5/c1-14-5-7-18(8-6-14)11-23(26)30-21-10-15(2)9-20-12-19(25(27)29-20)13-22-24(21)16(3)17(4)28-22/h5-8,10,12,20-22,24H,3-4,9,11,13H2,1-2H3/b15-10+/t20-,21-,22?,24+/m1/s1. The van der Waals surface area contributed by atoms with Crippen molar-refractivity contribution in [3.63, 3.8) is 0 Å². The maximum atomic E-state index is 12.8. The number of rotatable bonds is 3. The summed E-state index contributed by atoms with van der Waals surface area (Å²) in [6.45, 7) is 12.0. The van der Waals surface area contributed by atoms with Crippen molar-refractivity contribution in [1.29, 1.82) is 0 Å². The van der Waals surface area contributed by atoms with Crippen LogP contribution in [0.1, 0.15) is 30.9 Å². The lowest BCUT2D eigenvalue weighted by Gasteiger charge is -2.26. The van der Waals surface area contributed by atoms with Crippen LogP contribution >= 0.6 is 0 Å². The van der Waals surface area contributed by atoms with E-state index < -0.39 is 6.10 Å². The zero-order valence-electron chi connectivity index (χ0n) is 17.4. The van der Waals surface area contributed by atoms with Crippen molar-refractivity contribution in [2.75, 3.05) is 0 Å². The van der Waals surface area contributed by atoms with Crippen LogP contribution in [0.3, 0.4) is 0 Å². The molecule has 3 aliphatic rings. The van der Waals surface area contributed by atoms with E-state index in [4.69, 9.17) is 14.2 Å². The zero-order valence-corrected chi connectivity index (χ0v) is 17.4. The highest BCUT2D eigenvalue weighted by molar-refractivity contribution is 5.91. The molecular weight excluding hydrogens is 380 g/mol. The lowest BCUT2D eigenvalue weighted by molar-refractivity contribution is -0.148. The molecule has 4 rings (SSSR count). The van der Waals surface area contributed by atoms with Crippen LogP contribution in [-0.4, -0.2) is 30.3 Å². The van der Waals surface area contributed by atoms with Crippen molar-refractivity contribution in [2.24, 2.45) is 5.92 Å². The fourth-order valence-electron chi connectivity index (χ4n) is 4.27. The minimum absolute atomic E-state index is 0.185. The highest BCUT2D eigenvalue weighted by Gasteiger charge is 2.44. The molecule has 1 aliphatic carbocycles. The quantitative estimate of drug-likeness (QED) is 0.558. The van der Waals surface area contributed by atoms with Crippen LogP contribution in [0.25, 0.3) is 0 Å². The summed E-state index contributed by atoms with van der Waals surface area (Å²) in [7, 11) is 0. The first kappa shape index (κ1) is 20.2. The largest absolute Gasteiger partial charge is 0.490 e. The number of carbonyl (C=O) groups is 2. The van der Waals surface area contributed by atoms with E-state index in [1.165, 1.54) is 0 Å². The van der Waals surface area contributed by atoms with Gasteiger partial charge in [-0.3, -0.25) is 4.79 Å². The first-order chi connectivity index (χ1) is 14.3. The summed E-state index contributed by atoms with van der Waals surface area (Å²) in [5.41, 5.74) is 4.30. The molecule has 1 saturated heterocycles. The Morgan fingerprint density at radius 2 is 1.83 bits per heavy atom. The summed E-state index contributed by atoms with van der Waals surface area (Å²) in [6.07, 6.45) is 3.69. The number of ether oxygens (including phenoxy) is 3. The Bertz CT molecular complexity index is 966. The van der Waals surface area contributed by atoms with Crippen LogP contribution < -0.4 is 0 Å². The number of allylic oxidation sites excluding steroid dienone is 1. The summed E-state index contributed by atoms with van der Waals surface area (Å²) in [6, 6.07) is 7.81. The van der Waals surface area contributed by atoms with Gasteiger partial charge < -0.3 is 14.2 Å². The predicted molar refractivity (Wildman–Crippen MR) is 112 cm³/mol. The number of esters is 2. The average Bonchev–Trinajstić information content (AvgIpc) is 3.14. The first-order valence-corrected chi connectivity index (χ1v) is 10.2. The fraction of sp³-hybridized carbons (Fsp3) is 0.360. The molecule has 1 aromatic carbocycles. The van der Waals surface area contributed by atoms with E-state index in [1.807, 2.05) is 50.3 Å². The number of hydrogen-bond acceptors (Lipinski definition) is 5. The monoisotopic (exact) mass is 406 g/mol. The molecule has 1 aromatic rings. The van der Waals surface area contributed by atoms with Gasteiger partial charge in [0.2, 0.25) is 0 Å². The normalized spacial score (nSPS) is 29.9. The molecule has 1 unspecified atom stereocenters. The molecule has 30 heavy (non-hydrogen) atoms. The molecule has 2 bridgehead atoms. The van der Waals surface area contributed by atoms with E-state index in [-0.39, 0.29) is 36.5 Å². The van der Waals surface area contributed by atoms with E-state index in [1.54, 1.807) is 0 Å². The molecule has 0 radical (unpaired) electrons. The van der Waals surface area contributed by atoms with Gasteiger partial charge in [0.25, 0.3) is 0 Å². The van der Waals surface area contributed by atoms with Crippen molar-refractivity contribution in [3.8, 4) is 0 Å². The third-order valence-corrected chi connectivity index (χ3v) is 5.85. The van der Waals surface area contributed by atoms with E-state index in [0.717, 1.165) is 16.7 Å². The Morgan fingerprint density at radius 1 is 1.10 bits per heavy atom. The van der Waals surface area contributed by atoms with Crippen molar-refractivity contribution in [2.45, 2.75) is 51.4 Å². The van der Waals surface area contributed by atoms with E-state index in [9.17, 15) is 9.59 Å². The van der Waals surface area contributed by atoms with Crippen molar-refractivity contribution < 1.29 is 23.8 Å². The van der Waals surface area contributed by atoms with Crippen LogP contribution in [0.4, 0.5) is 0 Å². The van der Waals surface area contributed by atoms with Crippen LogP contribution in [0, 0.1) is 12.8 Å². The molecule has 0 aromatic heterocycles. The topological polar surface area (TPSA) is 61.8 Å². The molecule has 5 heteroatoms. The molecule has 5 nitrogen and oxygen atoms in total. The van der Waals surface area contributed by atoms with Gasteiger partial charge in [-0.2, -0.15) is 0 Å². The molecular formula is C25H26O5. The van der Waals surface area contributed by atoms with E-state index in [0.29, 0.717) is 29.7 Å². The zero-order chi connectivity index (χ0) is 21.4. The lowest BCUT2D eigenvalue weighted by Crippen LogP contribution is -2.33. The minimum Gasteiger partial charge on any atom is -0.490 e. The Balaban J connectivity index is 1.60.